The molecule has 1 fully saturated rings. The van der Waals surface area contributed by atoms with Crippen molar-refractivity contribution in [2.75, 3.05) is 19.6 Å². The van der Waals surface area contributed by atoms with E-state index in [0.29, 0.717) is 33.8 Å². The predicted molar refractivity (Wildman–Crippen MR) is 131 cm³/mol. The van der Waals surface area contributed by atoms with E-state index in [-0.39, 0.29) is 11.8 Å². The van der Waals surface area contributed by atoms with Gasteiger partial charge in [0.1, 0.15) is 5.69 Å². The molecule has 1 aromatic heterocycles. The van der Waals surface area contributed by atoms with E-state index in [4.69, 9.17) is 23.2 Å². The van der Waals surface area contributed by atoms with Gasteiger partial charge in [-0.2, -0.15) is 0 Å². The molecule has 0 radical (unpaired) electrons. The number of aromatic amines is 1. The smallest absolute Gasteiger partial charge is 0.300 e. The second kappa shape index (κ2) is 11.4. The zero-order valence-corrected chi connectivity index (χ0v) is 19.8. The minimum atomic E-state index is -0.106. The minimum Gasteiger partial charge on any atom is -0.354 e. The maximum absolute atomic E-state index is 12.7. The van der Waals surface area contributed by atoms with E-state index in [1.807, 2.05) is 11.8 Å². The van der Waals surface area contributed by atoms with E-state index in [0.717, 1.165) is 56.5 Å². The number of benzene rings is 1. The monoisotopic (exact) mass is 475 g/mol. The first-order chi connectivity index (χ1) is 15.4. The lowest BCUT2D eigenvalue weighted by Crippen LogP contribution is -2.38. The third-order valence-electron chi connectivity index (χ3n) is 5.92. The highest BCUT2D eigenvalue weighted by atomic mass is 35.5. The Labute approximate surface area is 198 Å². The van der Waals surface area contributed by atoms with Crippen LogP contribution in [0.5, 0.6) is 0 Å². The molecule has 8 heteroatoms. The average Bonchev–Trinajstić information content (AvgIpc) is 3.16. The molecule has 1 aliphatic heterocycles. The second-order valence-electron chi connectivity index (χ2n) is 8.19. The summed E-state index contributed by atoms with van der Waals surface area (Å²) >= 11 is 12.0. The van der Waals surface area contributed by atoms with E-state index < -0.39 is 0 Å². The summed E-state index contributed by atoms with van der Waals surface area (Å²) in [4.78, 5) is 29.9. The van der Waals surface area contributed by atoms with Crippen molar-refractivity contribution in [2.24, 2.45) is 5.92 Å². The van der Waals surface area contributed by atoms with Crippen molar-refractivity contribution in [1.82, 2.24) is 19.9 Å². The third-order valence-corrected chi connectivity index (χ3v) is 6.66. The van der Waals surface area contributed by atoms with Gasteiger partial charge < -0.3 is 15.2 Å². The first kappa shape index (κ1) is 24.1. The number of amides is 2. The summed E-state index contributed by atoms with van der Waals surface area (Å²) in [5, 5.41) is 3.82. The second-order valence-corrected chi connectivity index (χ2v) is 9.01. The highest BCUT2D eigenvalue weighted by Gasteiger charge is 2.23. The molecule has 0 spiro atoms. The van der Waals surface area contributed by atoms with Gasteiger partial charge in [0.2, 0.25) is 0 Å². The van der Waals surface area contributed by atoms with Gasteiger partial charge in [-0.1, -0.05) is 36.0 Å². The Hall–Kier alpha value is -2.53. The van der Waals surface area contributed by atoms with Crippen LogP contribution >= 0.6 is 23.2 Å². The maximum Gasteiger partial charge on any atom is 0.300 e. The fraction of sp³-hybridized carbons (Fsp3) is 0.417. The van der Waals surface area contributed by atoms with Crippen molar-refractivity contribution in [3.05, 3.63) is 56.8 Å². The van der Waals surface area contributed by atoms with Crippen LogP contribution < -0.4 is 9.98 Å². The highest BCUT2D eigenvalue weighted by Crippen LogP contribution is 2.26. The fourth-order valence-corrected chi connectivity index (χ4v) is 4.32. The van der Waals surface area contributed by atoms with Crippen molar-refractivity contribution >= 4 is 47.9 Å². The number of nitrogens with zero attached hydrogens (tertiary/aromatic N) is 2. The first-order valence-corrected chi connectivity index (χ1v) is 11.7. The predicted octanol–water partition coefficient (Wildman–Crippen LogP) is 4.27. The van der Waals surface area contributed by atoms with Crippen LogP contribution in [0.25, 0.3) is 0 Å². The Balaban J connectivity index is 1.34. The SMILES string of the molecule is C=[N+]=Cc1cc(C(=O)NCCCCC2CCN(C(=O)c3ccc(Cl)c(Cl)c3)CC2)[nH]c1C. The molecule has 6 nitrogen and oxygen atoms in total. The number of hydrogen-bond donors (Lipinski definition) is 2. The third kappa shape index (κ3) is 6.26. The normalized spacial score (nSPS) is 14.2. The Bertz CT molecular complexity index is 1020. The van der Waals surface area contributed by atoms with Crippen LogP contribution in [0.15, 0.2) is 24.3 Å². The van der Waals surface area contributed by atoms with E-state index in [1.54, 1.807) is 30.5 Å². The quantitative estimate of drug-likeness (QED) is 0.339. The maximum atomic E-state index is 12.7. The van der Waals surface area contributed by atoms with Crippen molar-refractivity contribution in [3.8, 4) is 0 Å². The van der Waals surface area contributed by atoms with Gasteiger partial charge in [-0.15, -0.1) is 4.67 Å². The number of piperidine rings is 1. The number of halogens is 2. The van der Waals surface area contributed by atoms with Crippen LogP contribution in [0.4, 0.5) is 0 Å². The molecular weight excluding hydrogens is 447 g/mol. The van der Waals surface area contributed by atoms with Crippen molar-refractivity contribution < 1.29 is 9.59 Å². The van der Waals surface area contributed by atoms with Gasteiger partial charge in [0.05, 0.1) is 15.6 Å². The summed E-state index contributed by atoms with van der Waals surface area (Å²) < 4.78 is 3.75. The molecule has 2 heterocycles. The van der Waals surface area contributed by atoms with Crippen LogP contribution in [0.3, 0.4) is 0 Å². The lowest BCUT2D eigenvalue weighted by molar-refractivity contribution is 0.0686. The standard InChI is InChI=1S/C24H28Cl2N4O2/c1-16-19(15-27-2)14-22(29-16)23(31)28-10-4-3-5-17-8-11-30(12-9-17)24(32)18-6-7-20(25)21(26)13-18/h6-7,13-15,17H,2-5,8-12H2,1H3,(H,28,31)/p+1. The number of nitrogens with one attached hydrogen (secondary N) is 2. The van der Waals surface area contributed by atoms with Crippen LogP contribution in [-0.4, -0.2) is 54.3 Å². The van der Waals surface area contributed by atoms with Gasteiger partial charge in [-0.25, -0.2) is 0 Å². The number of carbonyl (C=O) groups excluding carboxylic acids is 2. The molecule has 1 saturated heterocycles. The van der Waals surface area contributed by atoms with Gasteiger partial charge in [0.15, 0.2) is 0 Å². The fourth-order valence-electron chi connectivity index (χ4n) is 4.02. The van der Waals surface area contributed by atoms with E-state index in [9.17, 15) is 9.59 Å². The molecule has 1 aliphatic rings. The molecule has 170 valence electrons. The number of hydrogen-bond acceptors (Lipinski definition) is 2. The molecule has 0 saturated carbocycles. The van der Waals surface area contributed by atoms with Gasteiger partial charge in [0.25, 0.3) is 18.5 Å². The highest BCUT2D eigenvalue weighted by molar-refractivity contribution is 6.42. The van der Waals surface area contributed by atoms with Crippen molar-refractivity contribution in [3.63, 3.8) is 0 Å². The number of aryl methyl sites for hydroxylation is 1. The van der Waals surface area contributed by atoms with Crippen LogP contribution in [0.2, 0.25) is 10.0 Å². The summed E-state index contributed by atoms with van der Waals surface area (Å²) in [5.74, 6) is 0.513. The molecular formula is C24H29Cl2N4O2+. The van der Waals surface area contributed by atoms with Crippen LogP contribution in [0.1, 0.15) is 64.2 Å². The van der Waals surface area contributed by atoms with E-state index >= 15 is 0 Å². The Morgan fingerprint density at radius 3 is 2.66 bits per heavy atom. The number of unbranched alkanes of at least 4 members (excludes halogenated alkanes) is 1. The zero-order valence-electron chi connectivity index (χ0n) is 18.3. The largest absolute Gasteiger partial charge is 0.354 e. The topological polar surface area (TPSA) is 79.3 Å². The molecule has 2 N–H and O–H groups in total. The molecule has 0 aliphatic carbocycles. The van der Waals surface area contributed by atoms with Crippen LogP contribution in [-0.2, 0) is 0 Å². The number of carbonyl (C=O) groups is 2. The van der Waals surface area contributed by atoms with Gasteiger partial charge in [0, 0.05) is 30.9 Å². The molecule has 32 heavy (non-hydrogen) atoms. The minimum absolute atomic E-state index is 0.00825. The Morgan fingerprint density at radius 1 is 1.22 bits per heavy atom. The van der Waals surface area contributed by atoms with Crippen LogP contribution in [0, 0.1) is 12.8 Å². The summed E-state index contributed by atoms with van der Waals surface area (Å²) in [6, 6.07) is 6.80. The van der Waals surface area contributed by atoms with Crippen molar-refractivity contribution in [2.45, 2.75) is 39.0 Å². The lowest BCUT2D eigenvalue weighted by Gasteiger charge is -2.32. The summed E-state index contributed by atoms with van der Waals surface area (Å²) in [6.07, 6.45) is 6.72. The van der Waals surface area contributed by atoms with Crippen molar-refractivity contribution in [1.29, 1.82) is 0 Å². The Morgan fingerprint density at radius 2 is 1.97 bits per heavy atom. The molecule has 0 bridgehead atoms. The number of rotatable bonds is 8. The molecule has 1 aromatic carbocycles. The Kier molecular flexibility index (Phi) is 8.57. The summed E-state index contributed by atoms with van der Waals surface area (Å²) in [5.41, 5.74) is 2.88. The molecule has 0 atom stereocenters. The van der Waals surface area contributed by atoms with Gasteiger partial charge >= 0.3 is 6.21 Å². The van der Waals surface area contributed by atoms with E-state index in [1.165, 1.54) is 0 Å². The van der Waals surface area contributed by atoms with Gasteiger partial charge in [-0.3, -0.25) is 9.59 Å². The average molecular weight is 476 g/mol. The first-order valence-electron chi connectivity index (χ1n) is 10.9. The molecule has 3 rings (SSSR count). The number of H-pyrrole nitrogens is 1. The lowest BCUT2D eigenvalue weighted by atomic mass is 9.91. The summed E-state index contributed by atoms with van der Waals surface area (Å²) in [7, 11) is 0. The number of likely N-dealkylation sites (tertiary alicyclic amines) is 1. The molecule has 2 aromatic rings. The molecule has 0 unspecified atom stereocenters. The molecule has 2 amide bonds. The number of aromatic nitrogens is 1. The van der Waals surface area contributed by atoms with E-state index in [2.05, 4.69) is 21.7 Å². The summed E-state index contributed by atoms with van der Waals surface area (Å²) in [6.45, 7) is 7.50. The van der Waals surface area contributed by atoms with Gasteiger partial charge in [-0.05, 0) is 56.4 Å². The zero-order chi connectivity index (χ0) is 23.1.